The zero-order valence-electron chi connectivity index (χ0n) is 16.1. The predicted molar refractivity (Wildman–Crippen MR) is 106 cm³/mol. The van der Waals surface area contributed by atoms with Crippen LogP contribution in [0.1, 0.15) is 39.1 Å². The van der Waals surface area contributed by atoms with E-state index in [0.717, 1.165) is 5.56 Å². The van der Waals surface area contributed by atoms with Crippen molar-refractivity contribution >= 4 is 23.5 Å². The van der Waals surface area contributed by atoms with Gasteiger partial charge >= 0.3 is 5.97 Å². The normalized spacial score (nSPS) is 14.4. The van der Waals surface area contributed by atoms with Gasteiger partial charge in [0, 0.05) is 24.6 Å². The molecule has 3 rings (SSSR count). The number of likely N-dealkylation sites (tertiary alicyclic amines) is 1. The molecular formula is C22H24N2O4. The third-order valence-electron chi connectivity index (χ3n) is 5.01. The molecule has 0 aromatic heterocycles. The van der Waals surface area contributed by atoms with Gasteiger partial charge in [-0.15, -0.1) is 0 Å². The van der Waals surface area contributed by atoms with Crippen molar-refractivity contribution in [1.29, 1.82) is 0 Å². The van der Waals surface area contributed by atoms with E-state index in [1.807, 2.05) is 31.2 Å². The van der Waals surface area contributed by atoms with Gasteiger partial charge in [0.1, 0.15) is 0 Å². The number of hydrogen-bond donors (Lipinski definition) is 1. The number of piperidine rings is 1. The molecule has 1 heterocycles. The van der Waals surface area contributed by atoms with Crippen LogP contribution in [0.5, 0.6) is 0 Å². The first kappa shape index (κ1) is 19.6. The monoisotopic (exact) mass is 380 g/mol. The molecule has 0 radical (unpaired) electrons. The summed E-state index contributed by atoms with van der Waals surface area (Å²) < 4.78 is 4.76. The SMILES string of the molecule is COC(=O)c1ccccc1NC(=O)C1CCN(C(=O)c2cccc(C)c2)CC1. The Morgan fingerprint density at radius 1 is 1.04 bits per heavy atom. The maximum absolute atomic E-state index is 12.7. The summed E-state index contributed by atoms with van der Waals surface area (Å²) in [6, 6.07) is 14.3. The smallest absolute Gasteiger partial charge is 0.339 e. The first-order valence-electron chi connectivity index (χ1n) is 9.33. The molecule has 1 N–H and O–H groups in total. The molecule has 6 heteroatoms. The molecule has 2 aromatic rings. The van der Waals surface area contributed by atoms with Gasteiger partial charge in [0.2, 0.25) is 5.91 Å². The number of carbonyl (C=O) groups excluding carboxylic acids is 3. The van der Waals surface area contributed by atoms with Crippen molar-refractivity contribution in [2.24, 2.45) is 5.92 Å². The number of para-hydroxylation sites is 1. The lowest BCUT2D eigenvalue weighted by atomic mass is 9.95. The molecule has 2 aromatic carbocycles. The number of nitrogens with one attached hydrogen (secondary N) is 1. The van der Waals surface area contributed by atoms with E-state index < -0.39 is 5.97 Å². The first-order chi connectivity index (χ1) is 13.5. The fraction of sp³-hybridized carbons (Fsp3) is 0.318. The second-order valence-electron chi connectivity index (χ2n) is 6.96. The highest BCUT2D eigenvalue weighted by atomic mass is 16.5. The molecule has 1 fully saturated rings. The number of hydrogen-bond acceptors (Lipinski definition) is 4. The summed E-state index contributed by atoms with van der Waals surface area (Å²) in [5.74, 6) is -0.834. The molecule has 1 saturated heterocycles. The van der Waals surface area contributed by atoms with Crippen LogP contribution in [0.3, 0.4) is 0 Å². The number of nitrogens with zero attached hydrogens (tertiary/aromatic N) is 1. The van der Waals surface area contributed by atoms with Crippen LogP contribution in [0.2, 0.25) is 0 Å². The number of rotatable bonds is 4. The minimum atomic E-state index is -0.491. The van der Waals surface area contributed by atoms with Crippen molar-refractivity contribution in [3.05, 3.63) is 65.2 Å². The van der Waals surface area contributed by atoms with Crippen molar-refractivity contribution in [2.75, 3.05) is 25.5 Å². The fourth-order valence-corrected chi connectivity index (χ4v) is 3.42. The highest BCUT2D eigenvalue weighted by molar-refractivity contribution is 6.02. The van der Waals surface area contributed by atoms with Crippen LogP contribution in [0.4, 0.5) is 5.69 Å². The summed E-state index contributed by atoms with van der Waals surface area (Å²) >= 11 is 0. The summed E-state index contributed by atoms with van der Waals surface area (Å²) in [6.45, 7) is 3.02. The molecule has 0 saturated carbocycles. The number of esters is 1. The quantitative estimate of drug-likeness (QED) is 0.826. The molecule has 0 spiro atoms. The number of benzene rings is 2. The van der Waals surface area contributed by atoms with E-state index in [0.29, 0.717) is 42.7 Å². The van der Waals surface area contributed by atoms with Crippen LogP contribution < -0.4 is 5.32 Å². The maximum Gasteiger partial charge on any atom is 0.339 e. The van der Waals surface area contributed by atoms with Crippen LogP contribution >= 0.6 is 0 Å². The van der Waals surface area contributed by atoms with Crippen LogP contribution in [0.15, 0.2) is 48.5 Å². The van der Waals surface area contributed by atoms with E-state index in [1.165, 1.54) is 7.11 Å². The molecule has 28 heavy (non-hydrogen) atoms. The van der Waals surface area contributed by atoms with Gasteiger partial charge in [0.25, 0.3) is 5.91 Å². The van der Waals surface area contributed by atoms with Gasteiger partial charge in [0.15, 0.2) is 0 Å². The van der Waals surface area contributed by atoms with E-state index in [1.54, 1.807) is 29.2 Å². The molecule has 2 amide bonds. The number of carbonyl (C=O) groups is 3. The number of methoxy groups -OCH3 is 1. The average molecular weight is 380 g/mol. The largest absolute Gasteiger partial charge is 0.465 e. The Hall–Kier alpha value is -3.15. The molecule has 0 atom stereocenters. The van der Waals surface area contributed by atoms with Crippen LogP contribution in [0.25, 0.3) is 0 Å². The van der Waals surface area contributed by atoms with E-state index in [9.17, 15) is 14.4 Å². The second kappa shape index (κ2) is 8.69. The Morgan fingerprint density at radius 3 is 2.43 bits per heavy atom. The van der Waals surface area contributed by atoms with Gasteiger partial charge in [0.05, 0.1) is 18.4 Å². The fourth-order valence-electron chi connectivity index (χ4n) is 3.42. The molecule has 1 aliphatic heterocycles. The van der Waals surface area contributed by atoms with Crippen molar-refractivity contribution in [1.82, 2.24) is 4.90 Å². The lowest BCUT2D eigenvalue weighted by Crippen LogP contribution is -2.41. The van der Waals surface area contributed by atoms with Crippen molar-refractivity contribution < 1.29 is 19.1 Å². The third-order valence-corrected chi connectivity index (χ3v) is 5.01. The van der Waals surface area contributed by atoms with Gasteiger partial charge in [-0.3, -0.25) is 9.59 Å². The number of anilines is 1. The summed E-state index contributed by atoms with van der Waals surface area (Å²) in [6.07, 6.45) is 1.17. The summed E-state index contributed by atoms with van der Waals surface area (Å²) in [5, 5.41) is 2.84. The van der Waals surface area contributed by atoms with Gasteiger partial charge in [-0.25, -0.2) is 4.79 Å². The van der Waals surface area contributed by atoms with E-state index in [2.05, 4.69) is 5.32 Å². The number of amides is 2. The first-order valence-corrected chi connectivity index (χ1v) is 9.33. The van der Waals surface area contributed by atoms with Crippen molar-refractivity contribution in [3.63, 3.8) is 0 Å². The van der Waals surface area contributed by atoms with Crippen LogP contribution in [-0.2, 0) is 9.53 Å². The number of aryl methyl sites for hydroxylation is 1. The summed E-state index contributed by atoms with van der Waals surface area (Å²) in [7, 11) is 1.31. The molecule has 0 bridgehead atoms. The Balaban J connectivity index is 1.60. The lowest BCUT2D eigenvalue weighted by Gasteiger charge is -2.31. The van der Waals surface area contributed by atoms with Crippen molar-refractivity contribution in [2.45, 2.75) is 19.8 Å². The minimum absolute atomic E-state index is 0.00130. The Kier molecular flexibility index (Phi) is 6.09. The molecule has 0 aliphatic carbocycles. The Morgan fingerprint density at radius 2 is 1.75 bits per heavy atom. The van der Waals surface area contributed by atoms with Crippen LogP contribution in [-0.4, -0.2) is 42.9 Å². The Labute approximate surface area is 164 Å². The highest BCUT2D eigenvalue weighted by Gasteiger charge is 2.28. The van der Waals surface area contributed by atoms with Gasteiger partial charge < -0.3 is 15.0 Å². The topological polar surface area (TPSA) is 75.7 Å². The van der Waals surface area contributed by atoms with E-state index >= 15 is 0 Å². The van der Waals surface area contributed by atoms with Gasteiger partial charge in [-0.05, 0) is 44.0 Å². The summed E-state index contributed by atoms with van der Waals surface area (Å²) in [4.78, 5) is 38.9. The second-order valence-corrected chi connectivity index (χ2v) is 6.96. The van der Waals surface area contributed by atoms with E-state index in [4.69, 9.17) is 4.74 Å². The Bertz CT molecular complexity index is 886. The standard InChI is InChI=1S/C22H24N2O4/c1-15-6-5-7-17(14-15)21(26)24-12-10-16(11-13-24)20(25)23-19-9-4-3-8-18(19)22(27)28-2/h3-9,14,16H,10-13H2,1-2H3,(H,23,25). The number of ether oxygens (including phenoxy) is 1. The van der Waals surface area contributed by atoms with Crippen LogP contribution in [0, 0.1) is 12.8 Å². The molecule has 146 valence electrons. The maximum atomic E-state index is 12.7. The van der Waals surface area contributed by atoms with E-state index in [-0.39, 0.29) is 17.7 Å². The van der Waals surface area contributed by atoms with Gasteiger partial charge in [-0.2, -0.15) is 0 Å². The molecule has 0 unspecified atom stereocenters. The summed E-state index contributed by atoms with van der Waals surface area (Å²) in [5.41, 5.74) is 2.49. The molecule has 1 aliphatic rings. The zero-order chi connectivity index (χ0) is 20.1. The van der Waals surface area contributed by atoms with Crippen molar-refractivity contribution in [3.8, 4) is 0 Å². The molecular weight excluding hydrogens is 356 g/mol. The van der Waals surface area contributed by atoms with Gasteiger partial charge in [-0.1, -0.05) is 29.8 Å². The molecule has 6 nitrogen and oxygen atoms in total. The zero-order valence-corrected chi connectivity index (χ0v) is 16.1. The lowest BCUT2D eigenvalue weighted by molar-refractivity contribution is -0.121. The average Bonchev–Trinajstić information content (AvgIpc) is 2.73. The minimum Gasteiger partial charge on any atom is -0.465 e. The third kappa shape index (κ3) is 4.39. The highest BCUT2D eigenvalue weighted by Crippen LogP contribution is 2.23. The predicted octanol–water partition coefficient (Wildman–Crippen LogP) is 3.27.